The molecule has 1 heterocycles. The van der Waals surface area contributed by atoms with Crippen LogP contribution in [0.5, 0.6) is 0 Å². The summed E-state index contributed by atoms with van der Waals surface area (Å²) in [5, 5.41) is 2.84. The molecule has 19 heavy (non-hydrogen) atoms. The molecule has 6 heteroatoms. The fraction of sp³-hybridized carbons (Fsp3) is 0.538. The van der Waals surface area contributed by atoms with Crippen LogP contribution in [0, 0.1) is 5.82 Å². The monoisotopic (exact) mass is 286 g/mol. The largest absolute Gasteiger partial charge is 0.317 e. The Balaban J connectivity index is 1.84. The molecule has 0 saturated carbocycles. The number of piperidine rings is 1. The molecule has 0 aromatic heterocycles. The summed E-state index contributed by atoms with van der Waals surface area (Å²) < 4.78 is 39.7. The average molecular weight is 286 g/mol. The van der Waals surface area contributed by atoms with Gasteiger partial charge in [0.1, 0.15) is 5.82 Å². The van der Waals surface area contributed by atoms with Gasteiger partial charge in [0.15, 0.2) is 0 Å². The van der Waals surface area contributed by atoms with Gasteiger partial charge in [0, 0.05) is 6.54 Å². The van der Waals surface area contributed by atoms with Crippen molar-refractivity contribution in [1.82, 2.24) is 10.0 Å². The minimum atomic E-state index is -3.25. The van der Waals surface area contributed by atoms with Gasteiger partial charge in [0.25, 0.3) is 0 Å². The highest BCUT2D eigenvalue weighted by Crippen LogP contribution is 2.12. The van der Waals surface area contributed by atoms with Crippen LogP contribution in [0.2, 0.25) is 0 Å². The standard InChI is InChI=1S/C13H19FN2O2S/c14-12-3-1-2-11(10-12)4-9-16-19(17,18)13-5-7-15-8-6-13/h1-3,10,13,15-16H,4-9H2. The number of benzene rings is 1. The SMILES string of the molecule is O=S(=O)(NCCc1cccc(F)c1)C1CCNCC1. The van der Waals surface area contributed by atoms with E-state index in [1.165, 1.54) is 12.1 Å². The molecule has 1 saturated heterocycles. The van der Waals surface area contributed by atoms with Crippen molar-refractivity contribution >= 4 is 10.0 Å². The minimum absolute atomic E-state index is 0.293. The molecule has 0 unspecified atom stereocenters. The number of hydrogen-bond donors (Lipinski definition) is 2. The van der Waals surface area contributed by atoms with Gasteiger partial charge in [-0.15, -0.1) is 0 Å². The molecule has 1 aromatic carbocycles. The number of halogens is 1. The molecule has 4 nitrogen and oxygen atoms in total. The highest BCUT2D eigenvalue weighted by Gasteiger charge is 2.26. The lowest BCUT2D eigenvalue weighted by atomic mass is 10.1. The second-order valence-corrected chi connectivity index (χ2v) is 6.81. The van der Waals surface area contributed by atoms with E-state index in [1.54, 1.807) is 12.1 Å². The predicted octanol–water partition coefficient (Wildman–Crippen LogP) is 1.04. The smallest absolute Gasteiger partial charge is 0.214 e. The van der Waals surface area contributed by atoms with Crippen LogP contribution in [0.25, 0.3) is 0 Å². The van der Waals surface area contributed by atoms with Crippen LogP contribution in [-0.2, 0) is 16.4 Å². The van der Waals surface area contributed by atoms with E-state index in [0.717, 1.165) is 18.7 Å². The van der Waals surface area contributed by atoms with Gasteiger partial charge in [-0.25, -0.2) is 17.5 Å². The fourth-order valence-electron chi connectivity index (χ4n) is 2.25. The molecule has 2 N–H and O–H groups in total. The lowest BCUT2D eigenvalue weighted by Crippen LogP contribution is -2.42. The van der Waals surface area contributed by atoms with Crippen molar-refractivity contribution in [2.45, 2.75) is 24.5 Å². The molecule has 106 valence electrons. The van der Waals surface area contributed by atoms with Gasteiger partial charge < -0.3 is 5.32 Å². The summed E-state index contributed by atoms with van der Waals surface area (Å²) in [6.07, 6.45) is 1.80. The molecule has 1 aliphatic rings. The molecule has 0 bridgehead atoms. The molecule has 0 radical (unpaired) electrons. The molecular formula is C13H19FN2O2S. The highest BCUT2D eigenvalue weighted by atomic mass is 32.2. The highest BCUT2D eigenvalue weighted by molar-refractivity contribution is 7.90. The number of nitrogens with one attached hydrogen (secondary N) is 2. The first-order valence-electron chi connectivity index (χ1n) is 6.51. The van der Waals surface area contributed by atoms with E-state index < -0.39 is 10.0 Å². The summed E-state index contributed by atoms with van der Waals surface area (Å²) in [5.74, 6) is -0.293. The Morgan fingerprint density at radius 1 is 1.32 bits per heavy atom. The van der Waals surface area contributed by atoms with Crippen LogP contribution >= 0.6 is 0 Å². The molecular weight excluding hydrogens is 267 g/mol. The summed E-state index contributed by atoms with van der Waals surface area (Å²) in [6.45, 7) is 1.81. The summed E-state index contributed by atoms with van der Waals surface area (Å²) in [4.78, 5) is 0. The van der Waals surface area contributed by atoms with Crippen molar-refractivity contribution in [3.63, 3.8) is 0 Å². The molecule has 1 aliphatic heterocycles. The zero-order chi connectivity index (χ0) is 13.7. The Hall–Kier alpha value is -0.980. The van der Waals surface area contributed by atoms with Gasteiger partial charge in [0.2, 0.25) is 10.0 Å². The van der Waals surface area contributed by atoms with Crippen molar-refractivity contribution < 1.29 is 12.8 Å². The maximum atomic E-state index is 13.0. The Bertz CT molecular complexity index is 513. The number of rotatable bonds is 5. The Kier molecular flexibility index (Phi) is 4.90. The summed E-state index contributed by atoms with van der Waals surface area (Å²) in [5.41, 5.74) is 0.799. The molecule has 0 atom stereocenters. The molecule has 0 aliphatic carbocycles. The lowest BCUT2D eigenvalue weighted by Gasteiger charge is -2.22. The molecule has 0 spiro atoms. The summed E-state index contributed by atoms with van der Waals surface area (Å²) in [7, 11) is -3.25. The van der Waals surface area contributed by atoms with Crippen molar-refractivity contribution in [2.24, 2.45) is 0 Å². The zero-order valence-corrected chi connectivity index (χ0v) is 11.5. The fourth-order valence-corrected chi connectivity index (χ4v) is 3.73. The summed E-state index contributed by atoms with van der Waals surface area (Å²) in [6, 6.07) is 6.23. The van der Waals surface area contributed by atoms with Crippen molar-refractivity contribution in [3.05, 3.63) is 35.6 Å². The van der Waals surface area contributed by atoms with Crippen LogP contribution in [-0.4, -0.2) is 33.3 Å². The minimum Gasteiger partial charge on any atom is -0.317 e. The topological polar surface area (TPSA) is 58.2 Å². The van der Waals surface area contributed by atoms with E-state index in [2.05, 4.69) is 10.0 Å². The first-order chi connectivity index (χ1) is 9.08. The van der Waals surface area contributed by atoms with Crippen molar-refractivity contribution in [1.29, 1.82) is 0 Å². The quantitative estimate of drug-likeness (QED) is 0.850. The van der Waals surface area contributed by atoms with Crippen LogP contribution in [0.1, 0.15) is 18.4 Å². The van der Waals surface area contributed by atoms with E-state index in [4.69, 9.17) is 0 Å². The average Bonchev–Trinajstić information content (AvgIpc) is 2.40. The second-order valence-electron chi connectivity index (χ2n) is 4.77. The van der Waals surface area contributed by atoms with E-state index >= 15 is 0 Å². The molecule has 0 amide bonds. The van der Waals surface area contributed by atoms with Crippen LogP contribution in [0.15, 0.2) is 24.3 Å². The first-order valence-corrected chi connectivity index (χ1v) is 8.06. The van der Waals surface area contributed by atoms with Gasteiger partial charge in [-0.05, 0) is 50.0 Å². The molecule has 2 rings (SSSR count). The third kappa shape index (κ3) is 4.26. The third-order valence-corrected chi connectivity index (χ3v) is 5.29. The Morgan fingerprint density at radius 3 is 2.74 bits per heavy atom. The van der Waals surface area contributed by atoms with Gasteiger partial charge in [0.05, 0.1) is 5.25 Å². The Morgan fingerprint density at radius 2 is 2.05 bits per heavy atom. The maximum Gasteiger partial charge on any atom is 0.214 e. The van der Waals surface area contributed by atoms with E-state index in [9.17, 15) is 12.8 Å². The van der Waals surface area contributed by atoms with Gasteiger partial charge in [-0.3, -0.25) is 0 Å². The third-order valence-electron chi connectivity index (χ3n) is 3.33. The first kappa shape index (κ1) is 14.4. The van der Waals surface area contributed by atoms with Crippen molar-refractivity contribution in [2.75, 3.05) is 19.6 Å². The number of hydrogen-bond acceptors (Lipinski definition) is 3. The summed E-state index contributed by atoms with van der Waals surface area (Å²) >= 11 is 0. The Labute approximate surface area is 113 Å². The predicted molar refractivity (Wildman–Crippen MR) is 72.9 cm³/mol. The van der Waals surface area contributed by atoms with E-state index in [-0.39, 0.29) is 11.1 Å². The normalized spacial score (nSPS) is 17.5. The maximum absolute atomic E-state index is 13.0. The van der Waals surface area contributed by atoms with Crippen molar-refractivity contribution in [3.8, 4) is 0 Å². The molecule has 1 fully saturated rings. The van der Waals surface area contributed by atoms with Crippen LogP contribution in [0.4, 0.5) is 4.39 Å². The molecule has 1 aromatic rings. The van der Waals surface area contributed by atoms with Gasteiger partial charge in [-0.2, -0.15) is 0 Å². The van der Waals surface area contributed by atoms with Crippen LogP contribution < -0.4 is 10.0 Å². The van der Waals surface area contributed by atoms with E-state index in [0.29, 0.717) is 25.8 Å². The second kappa shape index (κ2) is 6.45. The van der Waals surface area contributed by atoms with Gasteiger partial charge >= 0.3 is 0 Å². The number of sulfonamides is 1. The lowest BCUT2D eigenvalue weighted by molar-refractivity contribution is 0.489. The van der Waals surface area contributed by atoms with Gasteiger partial charge in [-0.1, -0.05) is 12.1 Å². The van der Waals surface area contributed by atoms with Crippen LogP contribution in [0.3, 0.4) is 0 Å². The zero-order valence-electron chi connectivity index (χ0n) is 10.7. The van der Waals surface area contributed by atoms with E-state index in [1.807, 2.05) is 0 Å².